The molecule has 0 aromatic heterocycles. The van der Waals surface area contributed by atoms with Gasteiger partial charge in [0.25, 0.3) is 0 Å². The fourth-order valence-electron chi connectivity index (χ4n) is 3.01. The quantitative estimate of drug-likeness (QED) is 0.811. The Hall–Kier alpha value is -1.85. The van der Waals surface area contributed by atoms with Crippen LogP contribution in [0.15, 0.2) is 48.5 Å². The summed E-state index contributed by atoms with van der Waals surface area (Å²) in [6.07, 6.45) is 0. The van der Waals surface area contributed by atoms with Gasteiger partial charge in [-0.3, -0.25) is 9.69 Å². The Balaban J connectivity index is 1.61. The number of thioether (sulfide) groups is 1. The van der Waals surface area contributed by atoms with Gasteiger partial charge in [-0.05, 0) is 37.2 Å². The SMILES string of the molecule is Cc1ccc(CN(C)CC(=O)N2CCS[C@@H]2c2ccc(F)cc2)cc1. The number of carbonyl (C=O) groups is 1. The lowest BCUT2D eigenvalue weighted by Gasteiger charge is -2.26. The van der Waals surface area contributed by atoms with E-state index >= 15 is 0 Å². The Morgan fingerprint density at radius 1 is 1.20 bits per heavy atom. The zero-order valence-electron chi connectivity index (χ0n) is 14.6. The number of hydrogen-bond acceptors (Lipinski definition) is 3. The monoisotopic (exact) mass is 358 g/mol. The number of benzene rings is 2. The first-order valence-electron chi connectivity index (χ1n) is 8.43. The van der Waals surface area contributed by atoms with Gasteiger partial charge in [0.15, 0.2) is 0 Å². The van der Waals surface area contributed by atoms with Gasteiger partial charge in [0.2, 0.25) is 5.91 Å². The average molecular weight is 358 g/mol. The van der Waals surface area contributed by atoms with Crippen molar-refractivity contribution in [2.75, 3.05) is 25.9 Å². The number of halogens is 1. The van der Waals surface area contributed by atoms with E-state index in [1.54, 1.807) is 23.9 Å². The molecule has 0 saturated carbocycles. The van der Waals surface area contributed by atoms with Gasteiger partial charge in [-0.1, -0.05) is 42.0 Å². The topological polar surface area (TPSA) is 23.6 Å². The summed E-state index contributed by atoms with van der Waals surface area (Å²) in [5.74, 6) is 0.784. The highest BCUT2D eigenvalue weighted by Crippen LogP contribution is 2.37. The first-order chi connectivity index (χ1) is 12.0. The maximum Gasteiger partial charge on any atom is 0.237 e. The van der Waals surface area contributed by atoms with Gasteiger partial charge in [-0.25, -0.2) is 4.39 Å². The Kier molecular flexibility index (Phi) is 5.76. The maximum atomic E-state index is 13.1. The molecule has 1 aliphatic heterocycles. The largest absolute Gasteiger partial charge is 0.325 e. The number of amides is 1. The number of aryl methyl sites for hydroxylation is 1. The van der Waals surface area contributed by atoms with Crippen molar-refractivity contribution in [2.45, 2.75) is 18.8 Å². The zero-order valence-corrected chi connectivity index (χ0v) is 15.4. The second-order valence-electron chi connectivity index (χ2n) is 6.52. The summed E-state index contributed by atoms with van der Waals surface area (Å²) in [6.45, 7) is 3.93. The first-order valence-corrected chi connectivity index (χ1v) is 9.48. The van der Waals surface area contributed by atoms with Crippen molar-refractivity contribution in [2.24, 2.45) is 0 Å². The second-order valence-corrected chi connectivity index (χ2v) is 7.71. The Labute approximate surface area is 152 Å². The lowest BCUT2D eigenvalue weighted by atomic mass is 10.1. The predicted molar refractivity (Wildman–Crippen MR) is 101 cm³/mol. The molecular formula is C20H23FN2OS. The molecule has 2 aromatic carbocycles. The van der Waals surface area contributed by atoms with E-state index in [1.807, 2.05) is 16.8 Å². The molecule has 1 amide bonds. The minimum atomic E-state index is -0.248. The van der Waals surface area contributed by atoms with Crippen molar-refractivity contribution in [1.29, 1.82) is 0 Å². The number of hydrogen-bond donors (Lipinski definition) is 0. The van der Waals surface area contributed by atoms with Crippen LogP contribution in [0.4, 0.5) is 4.39 Å². The minimum Gasteiger partial charge on any atom is -0.325 e. The molecule has 25 heavy (non-hydrogen) atoms. The minimum absolute atomic E-state index is 0.0131. The smallest absolute Gasteiger partial charge is 0.237 e. The second kappa shape index (κ2) is 8.02. The van der Waals surface area contributed by atoms with Crippen molar-refractivity contribution in [3.05, 3.63) is 71.0 Å². The van der Waals surface area contributed by atoms with Crippen LogP contribution in [-0.2, 0) is 11.3 Å². The molecule has 0 bridgehead atoms. The molecule has 5 heteroatoms. The highest BCUT2D eigenvalue weighted by molar-refractivity contribution is 7.99. The van der Waals surface area contributed by atoms with Crippen LogP contribution in [0.1, 0.15) is 22.1 Å². The van der Waals surface area contributed by atoms with E-state index in [9.17, 15) is 9.18 Å². The summed E-state index contributed by atoms with van der Waals surface area (Å²) in [7, 11) is 1.97. The van der Waals surface area contributed by atoms with E-state index < -0.39 is 0 Å². The standard InChI is InChI=1S/C20H23FN2OS/c1-15-3-5-16(6-4-15)13-22(2)14-19(24)23-11-12-25-20(23)17-7-9-18(21)10-8-17/h3-10,20H,11-14H2,1-2H3/t20-/m1/s1. The predicted octanol–water partition coefficient (Wildman–Crippen LogP) is 3.84. The van der Waals surface area contributed by atoms with Gasteiger partial charge in [0, 0.05) is 18.8 Å². The normalized spacial score (nSPS) is 17.3. The summed E-state index contributed by atoms with van der Waals surface area (Å²) in [5.41, 5.74) is 3.42. The van der Waals surface area contributed by atoms with Crippen LogP contribution in [0.3, 0.4) is 0 Å². The van der Waals surface area contributed by atoms with Gasteiger partial charge < -0.3 is 4.90 Å². The van der Waals surface area contributed by atoms with Gasteiger partial charge in [0.05, 0.1) is 6.54 Å². The molecule has 0 radical (unpaired) electrons. The highest BCUT2D eigenvalue weighted by Gasteiger charge is 2.30. The van der Waals surface area contributed by atoms with Crippen LogP contribution in [0, 0.1) is 12.7 Å². The summed E-state index contributed by atoms with van der Waals surface area (Å²) in [5, 5.41) is -0.0131. The van der Waals surface area contributed by atoms with Gasteiger partial charge in [-0.2, -0.15) is 0 Å². The summed E-state index contributed by atoms with van der Waals surface area (Å²) >= 11 is 1.73. The molecule has 132 valence electrons. The van der Waals surface area contributed by atoms with Crippen LogP contribution in [0.2, 0.25) is 0 Å². The molecule has 0 unspecified atom stereocenters. The lowest BCUT2D eigenvalue weighted by Crippen LogP contribution is -2.38. The van der Waals surface area contributed by atoms with Crippen LogP contribution in [0.25, 0.3) is 0 Å². The number of likely N-dealkylation sites (N-methyl/N-ethyl adjacent to an activating group) is 1. The van der Waals surface area contributed by atoms with Gasteiger partial charge >= 0.3 is 0 Å². The molecule has 1 aliphatic rings. The summed E-state index contributed by atoms with van der Waals surface area (Å²) in [6, 6.07) is 14.8. The Morgan fingerprint density at radius 2 is 1.88 bits per heavy atom. The average Bonchev–Trinajstić information content (AvgIpc) is 3.07. The van der Waals surface area contributed by atoms with Crippen molar-refractivity contribution in [1.82, 2.24) is 9.80 Å². The molecule has 1 atom stereocenters. The molecular weight excluding hydrogens is 335 g/mol. The molecule has 1 heterocycles. The molecule has 1 saturated heterocycles. The molecule has 1 fully saturated rings. The fourth-order valence-corrected chi connectivity index (χ4v) is 4.29. The van der Waals surface area contributed by atoms with Crippen molar-refractivity contribution < 1.29 is 9.18 Å². The summed E-state index contributed by atoms with van der Waals surface area (Å²) in [4.78, 5) is 16.7. The maximum absolute atomic E-state index is 13.1. The Bertz CT molecular complexity index is 717. The van der Waals surface area contributed by atoms with Crippen molar-refractivity contribution >= 4 is 17.7 Å². The van der Waals surface area contributed by atoms with E-state index in [0.717, 1.165) is 24.4 Å². The molecule has 0 aliphatic carbocycles. The van der Waals surface area contributed by atoms with Crippen LogP contribution in [0.5, 0.6) is 0 Å². The first kappa shape index (κ1) is 18.0. The highest BCUT2D eigenvalue weighted by atomic mass is 32.2. The summed E-state index contributed by atoms with van der Waals surface area (Å²) < 4.78 is 13.1. The third kappa shape index (κ3) is 4.61. The fraction of sp³-hybridized carbons (Fsp3) is 0.350. The van der Waals surface area contributed by atoms with E-state index in [1.165, 1.54) is 23.3 Å². The van der Waals surface area contributed by atoms with Crippen LogP contribution < -0.4 is 0 Å². The van der Waals surface area contributed by atoms with Crippen molar-refractivity contribution in [3.63, 3.8) is 0 Å². The number of rotatable bonds is 5. The van der Waals surface area contributed by atoms with E-state index in [2.05, 4.69) is 31.2 Å². The molecule has 2 aromatic rings. The Morgan fingerprint density at radius 3 is 2.56 bits per heavy atom. The lowest BCUT2D eigenvalue weighted by molar-refractivity contribution is -0.132. The van der Waals surface area contributed by atoms with E-state index in [-0.39, 0.29) is 17.1 Å². The zero-order chi connectivity index (χ0) is 17.8. The van der Waals surface area contributed by atoms with Crippen LogP contribution in [-0.4, -0.2) is 41.6 Å². The molecule has 3 rings (SSSR count). The molecule has 0 N–H and O–H groups in total. The van der Waals surface area contributed by atoms with Gasteiger partial charge in [-0.15, -0.1) is 11.8 Å². The number of carbonyl (C=O) groups excluding carboxylic acids is 1. The van der Waals surface area contributed by atoms with Crippen LogP contribution >= 0.6 is 11.8 Å². The molecule has 3 nitrogen and oxygen atoms in total. The van der Waals surface area contributed by atoms with E-state index in [4.69, 9.17) is 0 Å². The third-order valence-corrected chi connectivity index (χ3v) is 5.61. The van der Waals surface area contributed by atoms with Crippen molar-refractivity contribution in [3.8, 4) is 0 Å². The number of nitrogens with zero attached hydrogens (tertiary/aromatic N) is 2. The molecule has 0 spiro atoms. The van der Waals surface area contributed by atoms with Gasteiger partial charge in [0.1, 0.15) is 11.2 Å². The van der Waals surface area contributed by atoms with E-state index in [0.29, 0.717) is 6.54 Å². The third-order valence-electron chi connectivity index (χ3n) is 4.34.